The van der Waals surface area contributed by atoms with Gasteiger partial charge in [-0.3, -0.25) is 0 Å². The summed E-state index contributed by atoms with van der Waals surface area (Å²) >= 11 is 0. The summed E-state index contributed by atoms with van der Waals surface area (Å²) in [5, 5.41) is 9.18. The summed E-state index contributed by atoms with van der Waals surface area (Å²) in [7, 11) is 0. The predicted molar refractivity (Wildman–Crippen MR) is 86.2 cm³/mol. The molecule has 0 unspecified atom stereocenters. The summed E-state index contributed by atoms with van der Waals surface area (Å²) in [6.45, 7) is 3.58. The van der Waals surface area contributed by atoms with Crippen LogP contribution in [0.15, 0.2) is 61.2 Å². The third kappa shape index (κ3) is 5.17. The molecule has 1 N–H and O–H groups in total. The van der Waals surface area contributed by atoms with Crippen LogP contribution in [-0.2, 0) is 9.53 Å². The molecule has 0 heterocycles. The average Bonchev–Trinajstić information content (AvgIpc) is 2.61. The number of phenols is 1. The van der Waals surface area contributed by atoms with Crippen molar-refractivity contribution < 1.29 is 28.9 Å². The number of carbonyl (C=O) groups excluding carboxylic acids is 2. The molecule has 0 aliphatic rings. The van der Waals surface area contributed by atoms with E-state index >= 15 is 0 Å². The molecule has 0 atom stereocenters. The number of carbonyl (C=O) groups is 2. The lowest BCUT2D eigenvalue weighted by molar-refractivity contribution is -0.138. The summed E-state index contributed by atoms with van der Waals surface area (Å²) in [6.07, 6.45) is 1.08. The molecule has 24 heavy (non-hydrogen) atoms. The minimum Gasteiger partial charge on any atom is -0.508 e. The van der Waals surface area contributed by atoms with Gasteiger partial charge in [-0.25, -0.2) is 9.59 Å². The fourth-order valence-electron chi connectivity index (χ4n) is 1.73. The highest BCUT2D eigenvalue weighted by Gasteiger charge is 2.09. The Balaban J connectivity index is 1.84. The van der Waals surface area contributed by atoms with Gasteiger partial charge in [-0.1, -0.05) is 6.58 Å². The third-order valence-corrected chi connectivity index (χ3v) is 2.90. The summed E-state index contributed by atoms with van der Waals surface area (Å²) in [5.41, 5.74) is 0.355. The Bertz CT molecular complexity index is 703. The molecule has 6 nitrogen and oxygen atoms in total. The summed E-state index contributed by atoms with van der Waals surface area (Å²) < 4.78 is 15.3. The van der Waals surface area contributed by atoms with Crippen LogP contribution in [0.1, 0.15) is 10.4 Å². The smallest absolute Gasteiger partial charge is 0.343 e. The Hall–Kier alpha value is -3.28. The largest absolute Gasteiger partial charge is 0.508 e. The lowest BCUT2D eigenvalue weighted by Gasteiger charge is -2.08. The van der Waals surface area contributed by atoms with Crippen LogP contribution in [0.3, 0.4) is 0 Å². The van der Waals surface area contributed by atoms with E-state index in [1.54, 1.807) is 24.3 Å². The van der Waals surface area contributed by atoms with E-state index in [4.69, 9.17) is 14.2 Å². The van der Waals surface area contributed by atoms with Crippen LogP contribution in [0.4, 0.5) is 0 Å². The van der Waals surface area contributed by atoms with Crippen LogP contribution in [0, 0.1) is 0 Å². The first kappa shape index (κ1) is 17.1. The van der Waals surface area contributed by atoms with Crippen molar-refractivity contribution >= 4 is 11.9 Å². The molecule has 0 spiro atoms. The topological polar surface area (TPSA) is 82.1 Å². The third-order valence-electron chi connectivity index (χ3n) is 2.90. The number of ether oxygens (including phenoxy) is 3. The van der Waals surface area contributed by atoms with Gasteiger partial charge in [-0.05, 0) is 48.5 Å². The molecule has 2 aromatic rings. The Morgan fingerprint density at radius 3 is 2.21 bits per heavy atom. The van der Waals surface area contributed by atoms with E-state index in [0.717, 1.165) is 6.08 Å². The first-order valence-corrected chi connectivity index (χ1v) is 7.12. The standard InChI is InChI=1S/C18H16O6/c1-2-17(20)23-12-11-22-15-7-3-13(4-8-15)18(21)24-16-9-5-14(19)6-10-16/h2-10,19H,1,11-12H2. The van der Waals surface area contributed by atoms with Gasteiger partial charge in [-0.15, -0.1) is 0 Å². The van der Waals surface area contributed by atoms with E-state index < -0.39 is 11.9 Å². The maximum Gasteiger partial charge on any atom is 0.343 e. The van der Waals surface area contributed by atoms with Crippen LogP contribution < -0.4 is 9.47 Å². The van der Waals surface area contributed by atoms with E-state index in [0.29, 0.717) is 17.1 Å². The molecule has 2 aromatic carbocycles. The number of benzene rings is 2. The number of esters is 2. The van der Waals surface area contributed by atoms with Crippen molar-refractivity contribution in [2.75, 3.05) is 13.2 Å². The Morgan fingerprint density at radius 2 is 1.58 bits per heavy atom. The summed E-state index contributed by atoms with van der Waals surface area (Å²) in [5.74, 6) is -0.0684. The molecule has 0 aromatic heterocycles. The van der Waals surface area contributed by atoms with E-state index in [1.165, 1.54) is 24.3 Å². The zero-order valence-electron chi connectivity index (χ0n) is 12.8. The minimum absolute atomic E-state index is 0.0927. The molecule has 0 aliphatic carbocycles. The lowest BCUT2D eigenvalue weighted by atomic mass is 10.2. The zero-order chi connectivity index (χ0) is 17.4. The molecular weight excluding hydrogens is 312 g/mol. The van der Waals surface area contributed by atoms with Crippen LogP contribution >= 0.6 is 0 Å². The van der Waals surface area contributed by atoms with Crippen molar-refractivity contribution in [2.24, 2.45) is 0 Å². The van der Waals surface area contributed by atoms with Gasteiger partial charge in [0.25, 0.3) is 0 Å². The number of phenolic OH excluding ortho intramolecular Hbond substituents is 1. The highest BCUT2D eigenvalue weighted by Crippen LogP contribution is 2.18. The van der Waals surface area contributed by atoms with Crippen molar-refractivity contribution in [1.82, 2.24) is 0 Å². The summed E-state index contributed by atoms with van der Waals surface area (Å²) in [6, 6.07) is 12.2. The zero-order valence-corrected chi connectivity index (χ0v) is 12.8. The van der Waals surface area contributed by atoms with Gasteiger partial charge in [0.05, 0.1) is 5.56 Å². The van der Waals surface area contributed by atoms with E-state index in [-0.39, 0.29) is 19.0 Å². The quantitative estimate of drug-likeness (QED) is 0.364. The van der Waals surface area contributed by atoms with Crippen LogP contribution in [0.25, 0.3) is 0 Å². The van der Waals surface area contributed by atoms with Gasteiger partial charge in [-0.2, -0.15) is 0 Å². The number of hydrogen-bond donors (Lipinski definition) is 1. The highest BCUT2D eigenvalue weighted by atomic mass is 16.6. The second-order valence-corrected chi connectivity index (χ2v) is 4.63. The molecule has 0 aliphatic heterocycles. The molecule has 0 bridgehead atoms. The van der Waals surface area contributed by atoms with E-state index in [1.807, 2.05) is 0 Å². The normalized spacial score (nSPS) is 9.83. The van der Waals surface area contributed by atoms with Crippen LogP contribution in [-0.4, -0.2) is 30.3 Å². The molecule has 0 saturated heterocycles. The van der Waals surface area contributed by atoms with Crippen molar-refractivity contribution in [1.29, 1.82) is 0 Å². The molecule has 0 fully saturated rings. The number of rotatable bonds is 7. The highest BCUT2D eigenvalue weighted by molar-refractivity contribution is 5.91. The van der Waals surface area contributed by atoms with Gasteiger partial charge in [0.1, 0.15) is 30.5 Å². The van der Waals surface area contributed by atoms with Crippen molar-refractivity contribution in [3.63, 3.8) is 0 Å². The maximum absolute atomic E-state index is 12.0. The number of aromatic hydroxyl groups is 1. The maximum atomic E-state index is 12.0. The first-order chi connectivity index (χ1) is 11.6. The van der Waals surface area contributed by atoms with E-state index in [9.17, 15) is 14.7 Å². The molecule has 6 heteroatoms. The second-order valence-electron chi connectivity index (χ2n) is 4.63. The molecule has 0 saturated carbocycles. The van der Waals surface area contributed by atoms with Gasteiger partial charge in [0.15, 0.2) is 0 Å². The lowest BCUT2D eigenvalue weighted by Crippen LogP contribution is -2.11. The van der Waals surface area contributed by atoms with Crippen LogP contribution in [0.5, 0.6) is 17.2 Å². The molecule has 0 radical (unpaired) electrons. The second kappa shape index (κ2) is 8.38. The van der Waals surface area contributed by atoms with E-state index in [2.05, 4.69) is 6.58 Å². The van der Waals surface area contributed by atoms with Crippen molar-refractivity contribution in [2.45, 2.75) is 0 Å². The Morgan fingerprint density at radius 1 is 0.958 bits per heavy atom. The molecule has 0 amide bonds. The van der Waals surface area contributed by atoms with Crippen molar-refractivity contribution in [3.8, 4) is 17.2 Å². The van der Waals surface area contributed by atoms with Gasteiger partial charge >= 0.3 is 11.9 Å². The average molecular weight is 328 g/mol. The summed E-state index contributed by atoms with van der Waals surface area (Å²) in [4.78, 5) is 22.8. The number of hydrogen-bond acceptors (Lipinski definition) is 6. The van der Waals surface area contributed by atoms with Gasteiger partial charge in [0.2, 0.25) is 0 Å². The molecule has 124 valence electrons. The predicted octanol–water partition coefficient (Wildman–Crippen LogP) is 2.72. The Kier molecular flexibility index (Phi) is 5.96. The first-order valence-electron chi connectivity index (χ1n) is 7.12. The van der Waals surface area contributed by atoms with Crippen LogP contribution in [0.2, 0.25) is 0 Å². The minimum atomic E-state index is -0.521. The fourth-order valence-corrected chi connectivity index (χ4v) is 1.73. The SMILES string of the molecule is C=CC(=O)OCCOc1ccc(C(=O)Oc2ccc(O)cc2)cc1. The monoisotopic (exact) mass is 328 g/mol. The Labute approximate surface area is 138 Å². The fraction of sp³-hybridized carbons (Fsp3) is 0.111. The van der Waals surface area contributed by atoms with Crippen molar-refractivity contribution in [3.05, 3.63) is 66.7 Å². The van der Waals surface area contributed by atoms with Gasteiger partial charge in [0, 0.05) is 6.08 Å². The van der Waals surface area contributed by atoms with Gasteiger partial charge < -0.3 is 19.3 Å². The molecular formula is C18H16O6. The molecule has 2 rings (SSSR count).